The molecule has 6 heteroatoms. The molecule has 148 valence electrons. The number of ether oxygens (including phenoxy) is 1. The molecule has 2 aromatic rings. The van der Waals surface area contributed by atoms with Crippen molar-refractivity contribution in [3.05, 3.63) is 59.2 Å². The van der Waals surface area contributed by atoms with Gasteiger partial charge in [-0.15, -0.1) is 0 Å². The van der Waals surface area contributed by atoms with Crippen LogP contribution in [0.25, 0.3) is 0 Å². The number of rotatable bonds is 7. The van der Waals surface area contributed by atoms with E-state index >= 15 is 0 Å². The van der Waals surface area contributed by atoms with Crippen LogP contribution in [0.5, 0.6) is 0 Å². The summed E-state index contributed by atoms with van der Waals surface area (Å²) < 4.78 is 4.91. The van der Waals surface area contributed by atoms with Gasteiger partial charge in [-0.25, -0.2) is 4.79 Å². The lowest BCUT2D eigenvalue weighted by molar-refractivity contribution is -0.123. The molecule has 0 aliphatic rings. The van der Waals surface area contributed by atoms with Crippen molar-refractivity contribution in [2.45, 2.75) is 40.0 Å². The Labute approximate surface area is 165 Å². The van der Waals surface area contributed by atoms with Gasteiger partial charge in [0.25, 0.3) is 0 Å². The Bertz CT molecular complexity index is 857. The summed E-state index contributed by atoms with van der Waals surface area (Å²) in [6.07, 6.45) is -0.300. The maximum atomic E-state index is 12.3. The second-order valence-corrected chi connectivity index (χ2v) is 6.76. The minimum Gasteiger partial charge on any atom is -0.462 e. The molecule has 2 N–H and O–H groups in total. The molecule has 0 aromatic heterocycles. The van der Waals surface area contributed by atoms with E-state index in [9.17, 15) is 14.4 Å². The van der Waals surface area contributed by atoms with Gasteiger partial charge in [0, 0.05) is 11.4 Å². The molecule has 2 rings (SSSR count). The van der Waals surface area contributed by atoms with Crippen molar-refractivity contribution >= 4 is 29.2 Å². The molecule has 0 aliphatic carbocycles. The highest BCUT2D eigenvalue weighted by molar-refractivity contribution is 6.08. The number of para-hydroxylation sites is 1. The largest absolute Gasteiger partial charge is 0.462 e. The molecule has 0 saturated heterocycles. The second-order valence-electron chi connectivity index (χ2n) is 6.76. The molecule has 0 spiro atoms. The van der Waals surface area contributed by atoms with Crippen molar-refractivity contribution in [1.82, 2.24) is 0 Å². The smallest absolute Gasteiger partial charge is 0.338 e. The lowest BCUT2D eigenvalue weighted by Crippen LogP contribution is -2.22. The van der Waals surface area contributed by atoms with Crippen LogP contribution in [0.1, 0.15) is 54.6 Å². The van der Waals surface area contributed by atoms with Gasteiger partial charge in [-0.3, -0.25) is 9.59 Å². The summed E-state index contributed by atoms with van der Waals surface area (Å²) >= 11 is 0. The number of esters is 1. The molecular weight excluding hydrogens is 356 g/mol. The zero-order chi connectivity index (χ0) is 20.7. The molecule has 0 unspecified atom stereocenters. The minimum absolute atomic E-state index is 0.252. The van der Waals surface area contributed by atoms with Crippen LogP contribution in [0.2, 0.25) is 0 Å². The van der Waals surface area contributed by atoms with E-state index in [4.69, 9.17) is 4.74 Å². The summed E-state index contributed by atoms with van der Waals surface area (Å²) in [4.78, 5) is 36.1. The summed E-state index contributed by atoms with van der Waals surface area (Å²) in [5.41, 5.74) is 3.65. The maximum absolute atomic E-state index is 12.3. The fourth-order valence-corrected chi connectivity index (χ4v) is 2.78. The number of aryl methyl sites for hydroxylation is 1. The molecule has 28 heavy (non-hydrogen) atoms. The first-order chi connectivity index (χ1) is 13.3. The van der Waals surface area contributed by atoms with Crippen LogP contribution in [0.3, 0.4) is 0 Å². The van der Waals surface area contributed by atoms with Crippen molar-refractivity contribution in [3.63, 3.8) is 0 Å². The van der Waals surface area contributed by atoms with Gasteiger partial charge in [-0.05, 0) is 55.2 Å². The summed E-state index contributed by atoms with van der Waals surface area (Å²) in [6.45, 7) is 8.06. The molecule has 0 bridgehead atoms. The number of benzene rings is 2. The SMILES string of the molecule is CCOC(=O)c1ccc(NC(=O)CC(=O)Nc2c(C)cccc2C(C)C)cc1. The van der Waals surface area contributed by atoms with Crippen LogP contribution in [-0.4, -0.2) is 24.4 Å². The fraction of sp³-hybridized carbons (Fsp3) is 0.318. The zero-order valence-corrected chi connectivity index (χ0v) is 16.7. The Morgan fingerprint density at radius 1 is 0.964 bits per heavy atom. The Morgan fingerprint density at radius 3 is 2.21 bits per heavy atom. The van der Waals surface area contributed by atoms with Crippen molar-refractivity contribution in [3.8, 4) is 0 Å². The summed E-state index contributed by atoms with van der Waals surface area (Å²) in [5, 5.41) is 5.51. The van der Waals surface area contributed by atoms with Crippen LogP contribution >= 0.6 is 0 Å². The highest BCUT2D eigenvalue weighted by atomic mass is 16.5. The average Bonchev–Trinajstić information content (AvgIpc) is 2.63. The number of amides is 2. The monoisotopic (exact) mass is 382 g/mol. The Balaban J connectivity index is 1.97. The molecule has 6 nitrogen and oxygen atoms in total. The van der Waals surface area contributed by atoms with E-state index in [0.29, 0.717) is 17.9 Å². The maximum Gasteiger partial charge on any atom is 0.338 e. The van der Waals surface area contributed by atoms with Crippen molar-refractivity contribution < 1.29 is 19.1 Å². The van der Waals surface area contributed by atoms with Crippen molar-refractivity contribution in [1.29, 1.82) is 0 Å². The van der Waals surface area contributed by atoms with Gasteiger partial charge in [0.2, 0.25) is 11.8 Å². The fourth-order valence-electron chi connectivity index (χ4n) is 2.78. The van der Waals surface area contributed by atoms with E-state index < -0.39 is 11.9 Å². The van der Waals surface area contributed by atoms with E-state index in [2.05, 4.69) is 24.5 Å². The number of carbonyl (C=O) groups is 3. The number of anilines is 2. The standard InChI is InChI=1S/C22H26N2O4/c1-5-28-22(27)16-9-11-17(12-10-16)23-19(25)13-20(26)24-21-15(4)7-6-8-18(21)14(2)3/h6-12,14H,5,13H2,1-4H3,(H,23,25)(H,24,26). The Morgan fingerprint density at radius 2 is 1.61 bits per heavy atom. The molecule has 0 fully saturated rings. The number of carbonyl (C=O) groups excluding carboxylic acids is 3. The lowest BCUT2D eigenvalue weighted by atomic mass is 9.98. The zero-order valence-electron chi connectivity index (χ0n) is 16.7. The van der Waals surface area contributed by atoms with Gasteiger partial charge < -0.3 is 15.4 Å². The Kier molecular flexibility index (Phi) is 7.32. The third-order valence-corrected chi connectivity index (χ3v) is 4.19. The van der Waals surface area contributed by atoms with Crippen LogP contribution in [-0.2, 0) is 14.3 Å². The summed E-state index contributed by atoms with van der Waals surface area (Å²) in [7, 11) is 0. The van der Waals surface area contributed by atoms with E-state index in [1.165, 1.54) is 0 Å². The minimum atomic E-state index is -0.430. The first kappa shape index (κ1) is 21.2. The second kappa shape index (κ2) is 9.69. The van der Waals surface area contributed by atoms with Gasteiger partial charge in [-0.2, -0.15) is 0 Å². The van der Waals surface area contributed by atoms with Gasteiger partial charge in [0.05, 0.1) is 12.2 Å². The number of nitrogens with one attached hydrogen (secondary N) is 2. The number of hydrogen-bond acceptors (Lipinski definition) is 4. The van der Waals surface area contributed by atoms with E-state index in [0.717, 1.165) is 16.8 Å². The van der Waals surface area contributed by atoms with E-state index in [1.807, 2.05) is 25.1 Å². The summed E-state index contributed by atoms with van der Waals surface area (Å²) in [6, 6.07) is 12.2. The van der Waals surface area contributed by atoms with Crippen molar-refractivity contribution in [2.24, 2.45) is 0 Å². The first-order valence-corrected chi connectivity index (χ1v) is 9.28. The lowest BCUT2D eigenvalue weighted by Gasteiger charge is -2.16. The normalized spacial score (nSPS) is 10.5. The molecule has 2 aromatic carbocycles. The molecule has 0 atom stereocenters. The Hall–Kier alpha value is -3.15. The molecule has 0 heterocycles. The average molecular weight is 382 g/mol. The van der Waals surface area contributed by atoms with Gasteiger partial charge in [-0.1, -0.05) is 32.0 Å². The topological polar surface area (TPSA) is 84.5 Å². The van der Waals surface area contributed by atoms with Gasteiger partial charge in [0.1, 0.15) is 6.42 Å². The third kappa shape index (κ3) is 5.67. The van der Waals surface area contributed by atoms with Crippen LogP contribution in [0, 0.1) is 6.92 Å². The van der Waals surface area contributed by atoms with Crippen LogP contribution in [0.15, 0.2) is 42.5 Å². The highest BCUT2D eigenvalue weighted by Gasteiger charge is 2.15. The summed E-state index contributed by atoms with van der Waals surface area (Å²) in [5.74, 6) is -0.973. The molecule has 2 amide bonds. The van der Waals surface area contributed by atoms with Crippen LogP contribution < -0.4 is 10.6 Å². The highest BCUT2D eigenvalue weighted by Crippen LogP contribution is 2.27. The quantitative estimate of drug-likeness (QED) is 0.553. The van der Waals surface area contributed by atoms with Gasteiger partial charge in [0.15, 0.2) is 0 Å². The van der Waals surface area contributed by atoms with Crippen molar-refractivity contribution in [2.75, 3.05) is 17.2 Å². The predicted molar refractivity (Wildman–Crippen MR) is 110 cm³/mol. The first-order valence-electron chi connectivity index (χ1n) is 9.28. The number of hydrogen-bond donors (Lipinski definition) is 2. The molecule has 0 saturated carbocycles. The molecule has 0 aliphatic heterocycles. The molecule has 0 radical (unpaired) electrons. The third-order valence-electron chi connectivity index (χ3n) is 4.19. The predicted octanol–water partition coefficient (Wildman–Crippen LogP) is 4.26. The van der Waals surface area contributed by atoms with E-state index in [1.54, 1.807) is 31.2 Å². The van der Waals surface area contributed by atoms with Crippen LogP contribution in [0.4, 0.5) is 11.4 Å². The van der Waals surface area contributed by atoms with E-state index in [-0.39, 0.29) is 18.2 Å². The van der Waals surface area contributed by atoms with Gasteiger partial charge >= 0.3 is 5.97 Å². The molecular formula is C22H26N2O4.